The van der Waals surface area contributed by atoms with E-state index in [2.05, 4.69) is 22.0 Å². The van der Waals surface area contributed by atoms with Crippen molar-refractivity contribution in [2.45, 2.75) is 19.8 Å². The number of rotatable bonds is 5. The van der Waals surface area contributed by atoms with Crippen molar-refractivity contribution in [3.63, 3.8) is 0 Å². The molecule has 1 fully saturated rings. The SMILES string of the molecule is COC(=O)c1ccc(N)c(NCC(C)C2CC2)n1. The predicted molar refractivity (Wildman–Crippen MR) is 70.4 cm³/mol. The molecule has 0 aromatic carbocycles. The van der Waals surface area contributed by atoms with Gasteiger partial charge in [0.25, 0.3) is 0 Å². The van der Waals surface area contributed by atoms with Gasteiger partial charge in [-0.1, -0.05) is 6.92 Å². The summed E-state index contributed by atoms with van der Waals surface area (Å²) in [6, 6.07) is 3.24. The van der Waals surface area contributed by atoms with E-state index >= 15 is 0 Å². The van der Waals surface area contributed by atoms with Crippen LogP contribution in [0.4, 0.5) is 11.5 Å². The number of carbonyl (C=O) groups excluding carboxylic acids is 1. The van der Waals surface area contributed by atoms with Gasteiger partial charge in [0.1, 0.15) is 5.82 Å². The largest absolute Gasteiger partial charge is 0.464 e. The van der Waals surface area contributed by atoms with Crippen LogP contribution in [0.15, 0.2) is 12.1 Å². The van der Waals surface area contributed by atoms with E-state index in [1.807, 2.05) is 0 Å². The van der Waals surface area contributed by atoms with E-state index < -0.39 is 5.97 Å². The van der Waals surface area contributed by atoms with E-state index in [9.17, 15) is 4.79 Å². The van der Waals surface area contributed by atoms with Gasteiger partial charge in [-0.25, -0.2) is 9.78 Å². The Balaban J connectivity index is 2.03. The maximum Gasteiger partial charge on any atom is 0.356 e. The molecule has 0 radical (unpaired) electrons. The van der Waals surface area contributed by atoms with Crippen molar-refractivity contribution in [3.8, 4) is 0 Å². The normalized spacial score (nSPS) is 16.1. The second-order valence-electron chi connectivity index (χ2n) is 4.82. The molecular weight excluding hydrogens is 230 g/mol. The van der Waals surface area contributed by atoms with Crippen molar-refractivity contribution in [2.75, 3.05) is 24.7 Å². The Labute approximate surface area is 107 Å². The van der Waals surface area contributed by atoms with Crippen molar-refractivity contribution >= 4 is 17.5 Å². The van der Waals surface area contributed by atoms with E-state index in [1.54, 1.807) is 12.1 Å². The number of esters is 1. The first-order valence-corrected chi connectivity index (χ1v) is 6.20. The van der Waals surface area contributed by atoms with Gasteiger partial charge in [0.05, 0.1) is 12.8 Å². The summed E-state index contributed by atoms with van der Waals surface area (Å²) in [5, 5.41) is 3.21. The van der Waals surface area contributed by atoms with Gasteiger partial charge in [-0.2, -0.15) is 0 Å². The number of anilines is 2. The van der Waals surface area contributed by atoms with Crippen LogP contribution in [-0.2, 0) is 4.74 Å². The van der Waals surface area contributed by atoms with Crippen LogP contribution in [0.25, 0.3) is 0 Å². The van der Waals surface area contributed by atoms with Crippen LogP contribution in [0, 0.1) is 11.8 Å². The van der Waals surface area contributed by atoms with Crippen LogP contribution in [0.1, 0.15) is 30.3 Å². The smallest absolute Gasteiger partial charge is 0.356 e. The molecule has 98 valence electrons. The molecule has 5 heteroatoms. The molecule has 5 nitrogen and oxygen atoms in total. The Bertz CT molecular complexity index is 444. The molecule has 18 heavy (non-hydrogen) atoms. The van der Waals surface area contributed by atoms with Crippen molar-refractivity contribution in [3.05, 3.63) is 17.8 Å². The maximum atomic E-state index is 11.4. The molecule has 0 saturated heterocycles. The number of hydrogen-bond donors (Lipinski definition) is 2. The van der Waals surface area contributed by atoms with Gasteiger partial charge in [-0.3, -0.25) is 0 Å². The monoisotopic (exact) mass is 249 g/mol. The molecule has 1 atom stereocenters. The van der Waals surface area contributed by atoms with Gasteiger partial charge in [-0.15, -0.1) is 0 Å². The third kappa shape index (κ3) is 2.91. The lowest BCUT2D eigenvalue weighted by molar-refractivity contribution is 0.0594. The average Bonchev–Trinajstić information content (AvgIpc) is 3.20. The highest BCUT2D eigenvalue weighted by molar-refractivity contribution is 5.88. The maximum absolute atomic E-state index is 11.4. The molecule has 0 amide bonds. The van der Waals surface area contributed by atoms with Gasteiger partial charge < -0.3 is 15.8 Å². The Hall–Kier alpha value is -1.78. The van der Waals surface area contributed by atoms with Crippen LogP contribution in [-0.4, -0.2) is 24.6 Å². The van der Waals surface area contributed by atoms with Crippen molar-refractivity contribution in [2.24, 2.45) is 11.8 Å². The molecule has 1 aromatic heterocycles. The van der Waals surface area contributed by atoms with Gasteiger partial charge in [0.15, 0.2) is 5.69 Å². The number of aromatic nitrogens is 1. The highest BCUT2D eigenvalue weighted by Gasteiger charge is 2.27. The zero-order valence-corrected chi connectivity index (χ0v) is 10.8. The number of nitrogen functional groups attached to an aromatic ring is 1. The average molecular weight is 249 g/mol. The Morgan fingerprint density at radius 3 is 2.94 bits per heavy atom. The zero-order chi connectivity index (χ0) is 13.1. The van der Waals surface area contributed by atoms with E-state index in [-0.39, 0.29) is 5.69 Å². The first-order chi connectivity index (χ1) is 8.61. The number of nitrogens with two attached hydrogens (primary N) is 1. The number of pyridine rings is 1. The van der Waals surface area contributed by atoms with Gasteiger partial charge >= 0.3 is 5.97 Å². The van der Waals surface area contributed by atoms with Crippen LogP contribution in [0.2, 0.25) is 0 Å². The lowest BCUT2D eigenvalue weighted by Gasteiger charge is -2.13. The molecule has 3 N–H and O–H groups in total. The first-order valence-electron chi connectivity index (χ1n) is 6.20. The molecule has 0 spiro atoms. The van der Waals surface area contributed by atoms with Crippen molar-refractivity contribution in [1.82, 2.24) is 4.98 Å². The second-order valence-corrected chi connectivity index (χ2v) is 4.82. The summed E-state index contributed by atoms with van der Waals surface area (Å²) in [5.74, 6) is 1.54. The second kappa shape index (κ2) is 5.25. The van der Waals surface area contributed by atoms with Gasteiger partial charge in [0.2, 0.25) is 0 Å². The molecule has 0 aliphatic heterocycles. The number of nitrogens with one attached hydrogen (secondary N) is 1. The molecule has 1 aliphatic carbocycles. The molecule has 1 aliphatic rings. The third-order valence-electron chi connectivity index (χ3n) is 3.34. The molecule has 1 heterocycles. The minimum atomic E-state index is -0.451. The van der Waals surface area contributed by atoms with Crippen LogP contribution < -0.4 is 11.1 Å². The zero-order valence-electron chi connectivity index (χ0n) is 10.8. The summed E-state index contributed by atoms with van der Waals surface area (Å²) >= 11 is 0. The summed E-state index contributed by atoms with van der Waals surface area (Å²) < 4.78 is 4.63. The summed E-state index contributed by atoms with van der Waals surface area (Å²) in [4.78, 5) is 15.6. The van der Waals surface area contributed by atoms with Crippen LogP contribution >= 0.6 is 0 Å². The first kappa shape index (κ1) is 12.7. The highest BCUT2D eigenvalue weighted by Crippen LogP contribution is 2.36. The summed E-state index contributed by atoms with van der Waals surface area (Å²) in [5.41, 5.74) is 6.65. The van der Waals surface area contributed by atoms with E-state index in [1.165, 1.54) is 20.0 Å². The minimum Gasteiger partial charge on any atom is -0.464 e. The summed E-state index contributed by atoms with van der Waals surface area (Å²) in [7, 11) is 1.34. The summed E-state index contributed by atoms with van der Waals surface area (Å²) in [6.07, 6.45) is 2.63. The fraction of sp³-hybridized carbons (Fsp3) is 0.538. The Morgan fingerprint density at radius 2 is 2.33 bits per heavy atom. The predicted octanol–water partition coefficient (Wildman–Crippen LogP) is 1.91. The fourth-order valence-electron chi connectivity index (χ4n) is 1.92. The Kier molecular flexibility index (Phi) is 3.69. The molecule has 0 bridgehead atoms. The minimum absolute atomic E-state index is 0.272. The summed E-state index contributed by atoms with van der Waals surface area (Å²) in [6.45, 7) is 3.04. The standard InChI is InChI=1S/C13H19N3O2/c1-8(9-3-4-9)7-15-12-10(14)5-6-11(16-12)13(17)18-2/h5-6,8-9H,3-4,7,14H2,1-2H3,(H,15,16). The third-order valence-corrected chi connectivity index (χ3v) is 3.34. The Morgan fingerprint density at radius 1 is 1.61 bits per heavy atom. The number of methoxy groups -OCH3 is 1. The number of ether oxygens (including phenoxy) is 1. The quantitative estimate of drug-likeness (QED) is 0.779. The van der Waals surface area contributed by atoms with Crippen molar-refractivity contribution < 1.29 is 9.53 Å². The number of hydrogen-bond acceptors (Lipinski definition) is 5. The number of nitrogens with zero attached hydrogens (tertiary/aromatic N) is 1. The van der Waals surface area contributed by atoms with Crippen LogP contribution in [0.5, 0.6) is 0 Å². The molecule has 1 saturated carbocycles. The number of carbonyl (C=O) groups is 1. The molecule has 2 rings (SSSR count). The fourth-order valence-corrected chi connectivity index (χ4v) is 1.92. The molecule has 1 unspecified atom stereocenters. The lowest BCUT2D eigenvalue weighted by atomic mass is 10.1. The highest BCUT2D eigenvalue weighted by atomic mass is 16.5. The van der Waals surface area contributed by atoms with E-state index in [0.29, 0.717) is 17.4 Å². The molecular formula is C13H19N3O2. The van der Waals surface area contributed by atoms with Gasteiger partial charge in [0, 0.05) is 6.54 Å². The van der Waals surface area contributed by atoms with Gasteiger partial charge in [-0.05, 0) is 36.8 Å². The van der Waals surface area contributed by atoms with Crippen LogP contribution in [0.3, 0.4) is 0 Å². The van der Waals surface area contributed by atoms with E-state index in [4.69, 9.17) is 5.73 Å². The topological polar surface area (TPSA) is 77.2 Å². The molecule has 1 aromatic rings. The lowest BCUT2D eigenvalue weighted by Crippen LogP contribution is -2.16. The van der Waals surface area contributed by atoms with Crippen molar-refractivity contribution in [1.29, 1.82) is 0 Å². The van der Waals surface area contributed by atoms with E-state index in [0.717, 1.165) is 12.5 Å².